The number of hydrogen-bond donors (Lipinski definition) is 2. The third-order valence-corrected chi connectivity index (χ3v) is 6.17. The highest BCUT2D eigenvalue weighted by atomic mass is 79.9. The van der Waals surface area contributed by atoms with Crippen molar-refractivity contribution in [3.05, 3.63) is 75.4 Å². The Hall–Kier alpha value is -3.14. The van der Waals surface area contributed by atoms with Crippen LogP contribution in [0.15, 0.2) is 53.1 Å². The van der Waals surface area contributed by atoms with Crippen molar-refractivity contribution in [2.45, 2.75) is 24.6 Å². The first-order valence-electron chi connectivity index (χ1n) is 9.32. The van der Waals surface area contributed by atoms with Gasteiger partial charge in [-0.2, -0.15) is 18.3 Å². The number of amides is 2. The van der Waals surface area contributed by atoms with Crippen LogP contribution < -0.4 is 10.6 Å². The molecule has 0 saturated heterocycles. The van der Waals surface area contributed by atoms with Crippen LogP contribution in [0.25, 0.3) is 0 Å². The monoisotopic (exact) mass is 490 g/mol. The molecule has 0 bridgehead atoms. The highest BCUT2D eigenvalue weighted by Crippen LogP contribution is 2.50. The van der Waals surface area contributed by atoms with E-state index >= 15 is 0 Å². The molecule has 2 aliphatic heterocycles. The minimum Gasteiger partial charge on any atom is -0.325 e. The van der Waals surface area contributed by atoms with Gasteiger partial charge >= 0.3 is 6.18 Å². The third-order valence-electron chi connectivity index (χ3n) is 5.67. The summed E-state index contributed by atoms with van der Waals surface area (Å²) in [5.74, 6) is -0.297. The fourth-order valence-corrected chi connectivity index (χ4v) is 4.57. The first-order chi connectivity index (χ1) is 14.7. The molecule has 1 aromatic heterocycles. The number of rotatable bonds is 2. The van der Waals surface area contributed by atoms with E-state index in [9.17, 15) is 22.8 Å². The molecule has 3 aromatic rings. The summed E-state index contributed by atoms with van der Waals surface area (Å²) in [5, 5.41) is 9.95. The lowest BCUT2D eigenvalue weighted by molar-refractivity contribution is -0.137. The predicted octanol–water partition coefficient (Wildman–Crippen LogP) is 4.29. The number of alkyl halides is 3. The Kier molecular flexibility index (Phi) is 4.27. The van der Waals surface area contributed by atoms with E-state index < -0.39 is 17.2 Å². The summed E-state index contributed by atoms with van der Waals surface area (Å²) in [6, 6.07) is 10.1. The maximum Gasteiger partial charge on any atom is 0.416 e. The van der Waals surface area contributed by atoms with Crippen LogP contribution in [0.2, 0.25) is 0 Å². The van der Waals surface area contributed by atoms with Crippen molar-refractivity contribution in [1.82, 2.24) is 9.78 Å². The Balaban J connectivity index is 1.57. The molecule has 158 valence electrons. The third kappa shape index (κ3) is 3.04. The lowest BCUT2D eigenvalue weighted by Gasteiger charge is -2.31. The molecule has 2 aliphatic rings. The van der Waals surface area contributed by atoms with Gasteiger partial charge in [0.25, 0.3) is 0 Å². The Morgan fingerprint density at radius 3 is 2.52 bits per heavy atom. The SMILES string of the molecule is O=C1C[C@]2(C(=O)Nc3ccc(Br)cc32)c2cnn(Cc3ccc(C(F)(F)F)cc3)c2N1. The van der Waals surface area contributed by atoms with E-state index in [1.165, 1.54) is 23.0 Å². The van der Waals surface area contributed by atoms with Gasteiger partial charge < -0.3 is 10.6 Å². The maximum absolute atomic E-state index is 13.1. The van der Waals surface area contributed by atoms with Crippen molar-refractivity contribution < 1.29 is 22.8 Å². The van der Waals surface area contributed by atoms with Gasteiger partial charge in [0.15, 0.2) is 0 Å². The van der Waals surface area contributed by atoms with Gasteiger partial charge in [-0.15, -0.1) is 0 Å². The first kappa shape index (κ1) is 19.8. The zero-order chi connectivity index (χ0) is 22.0. The van der Waals surface area contributed by atoms with Gasteiger partial charge in [0.2, 0.25) is 11.8 Å². The molecule has 31 heavy (non-hydrogen) atoms. The molecular formula is C21H14BrF3N4O2. The summed E-state index contributed by atoms with van der Waals surface area (Å²) in [4.78, 5) is 25.7. The molecule has 0 aliphatic carbocycles. The van der Waals surface area contributed by atoms with E-state index in [0.717, 1.165) is 16.6 Å². The number of carbonyl (C=O) groups excluding carboxylic acids is 2. The van der Waals surface area contributed by atoms with Gasteiger partial charge in [-0.25, -0.2) is 4.68 Å². The van der Waals surface area contributed by atoms with Crippen molar-refractivity contribution in [2.75, 3.05) is 10.6 Å². The van der Waals surface area contributed by atoms with Gasteiger partial charge in [0.1, 0.15) is 11.2 Å². The molecule has 0 saturated carbocycles. The molecule has 5 rings (SSSR count). The summed E-state index contributed by atoms with van der Waals surface area (Å²) in [6.07, 6.45) is -2.95. The van der Waals surface area contributed by atoms with Crippen LogP contribution in [0.4, 0.5) is 24.7 Å². The topological polar surface area (TPSA) is 76.0 Å². The summed E-state index contributed by atoms with van der Waals surface area (Å²) in [6.45, 7) is 0.136. The number of benzene rings is 2. The van der Waals surface area contributed by atoms with Crippen LogP contribution in [0, 0.1) is 0 Å². The Morgan fingerprint density at radius 2 is 1.81 bits per heavy atom. The van der Waals surface area contributed by atoms with E-state index in [1.807, 2.05) is 6.07 Å². The van der Waals surface area contributed by atoms with Crippen LogP contribution in [0.1, 0.15) is 28.7 Å². The van der Waals surface area contributed by atoms with Gasteiger partial charge in [0, 0.05) is 22.1 Å². The minimum atomic E-state index is -4.42. The number of nitrogens with one attached hydrogen (secondary N) is 2. The van der Waals surface area contributed by atoms with E-state index in [1.54, 1.807) is 12.1 Å². The molecule has 0 radical (unpaired) electrons. The number of anilines is 2. The van der Waals surface area contributed by atoms with Crippen molar-refractivity contribution >= 4 is 39.2 Å². The second-order valence-electron chi connectivity index (χ2n) is 7.53. The fourth-order valence-electron chi connectivity index (χ4n) is 4.21. The average Bonchev–Trinajstić information content (AvgIpc) is 3.22. The van der Waals surface area contributed by atoms with Crippen LogP contribution in [0.5, 0.6) is 0 Å². The van der Waals surface area contributed by atoms with E-state index in [-0.39, 0.29) is 24.8 Å². The van der Waals surface area contributed by atoms with Gasteiger partial charge in [-0.05, 0) is 41.5 Å². The Bertz CT molecular complexity index is 1240. The molecule has 0 unspecified atom stereocenters. The lowest BCUT2D eigenvalue weighted by Crippen LogP contribution is -2.43. The number of nitrogens with zero attached hydrogens (tertiary/aromatic N) is 2. The van der Waals surface area contributed by atoms with Gasteiger partial charge in [-0.1, -0.05) is 28.1 Å². The highest BCUT2D eigenvalue weighted by Gasteiger charge is 2.54. The zero-order valence-electron chi connectivity index (χ0n) is 15.8. The Labute approximate surface area is 182 Å². The summed E-state index contributed by atoms with van der Waals surface area (Å²) < 4.78 is 40.7. The minimum absolute atomic E-state index is 0.0682. The Morgan fingerprint density at radius 1 is 1.06 bits per heavy atom. The molecule has 0 fully saturated rings. The molecule has 2 amide bonds. The van der Waals surface area contributed by atoms with Crippen molar-refractivity contribution in [1.29, 1.82) is 0 Å². The summed E-state index contributed by atoms with van der Waals surface area (Å²) in [5.41, 5.74) is 0.479. The smallest absolute Gasteiger partial charge is 0.325 e. The lowest BCUT2D eigenvalue weighted by atomic mass is 9.72. The molecule has 2 N–H and O–H groups in total. The molecular weight excluding hydrogens is 477 g/mol. The highest BCUT2D eigenvalue weighted by molar-refractivity contribution is 9.10. The van der Waals surface area contributed by atoms with Crippen molar-refractivity contribution in [3.63, 3.8) is 0 Å². The fraction of sp³-hybridized carbons (Fsp3) is 0.190. The summed E-state index contributed by atoms with van der Waals surface area (Å²) >= 11 is 3.42. The van der Waals surface area contributed by atoms with E-state index in [4.69, 9.17) is 0 Å². The van der Waals surface area contributed by atoms with Crippen LogP contribution in [0.3, 0.4) is 0 Å². The number of hydrogen-bond acceptors (Lipinski definition) is 3. The van der Waals surface area contributed by atoms with Crippen LogP contribution in [-0.4, -0.2) is 21.6 Å². The van der Waals surface area contributed by atoms with E-state index in [2.05, 4.69) is 31.7 Å². The standard InChI is InChI=1S/C21H14BrF3N4O2/c22-13-5-6-16-14(7-13)20(19(31)27-16)8-17(30)28-18-15(20)9-26-29(18)10-11-1-3-12(4-2-11)21(23,24)25/h1-7,9H,8,10H2,(H,27,31)(H,28,30)/t20-/m1/s1. The predicted molar refractivity (Wildman–Crippen MR) is 110 cm³/mol. The average molecular weight is 491 g/mol. The van der Waals surface area contributed by atoms with Gasteiger partial charge in [-0.3, -0.25) is 9.59 Å². The number of fused-ring (bicyclic) bond motifs is 4. The molecule has 2 aromatic carbocycles. The van der Waals surface area contributed by atoms with Crippen molar-refractivity contribution in [3.8, 4) is 0 Å². The normalized spacial score (nSPS) is 19.7. The molecule has 1 atom stereocenters. The van der Waals surface area contributed by atoms with E-state index in [0.29, 0.717) is 28.2 Å². The second-order valence-corrected chi connectivity index (χ2v) is 8.45. The number of halogens is 4. The number of carbonyl (C=O) groups is 2. The van der Waals surface area contributed by atoms with Crippen molar-refractivity contribution in [2.24, 2.45) is 0 Å². The first-order valence-corrected chi connectivity index (χ1v) is 10.1. The molecule has 10 heteroatoms. The molecule has 1 spiro atoms. The van der Waals surface area contributed by atoms with Crippen LogP contribution in [-0.2, 0) is 27.7 Å². The zero-order valence-corrected chi connectivity index (χ0v) is 17.3. The van der Waals surface area contributed by atoms with Gasteiger partial charge in [0.05, 0.1) is 18.3 Å². The summed E-state index contributed by atoms with van der Waals surface area (Å²) in [7, 11) is 0. The molecule has 6 nitrogen and oxygen atoms in total. The number of aromatic nitrogens is 2. The largest absolute Gasteiger partial charge is 0.416 e. The maximum atomic E-state index is 13.1. The second kappa shape index (κ2) is 6.68. The molecule has 3 heterocycles. The van der Waals surface area contributed by atoms with Crippen LogP contribution >= 0.6 is 15.9 Å². The quantitative estimate of drug-likeness (QED) is 0.562.